The molecular weight excluding hydrogens is 689 g/mol. The van der Waals surface area contributed by atoms with E-state index in [2.05, 4.69) is 27.7 Å². The van der Waals surface area contributed by atoms with E-state index in [0.29, 0.717) is 19.4 Å². The van der Waals surface area contributed by atoms with Crippen LogP contribution >= 0.6 is 0 Å². The van der Waals surface area contributed by atoms with Crippen molar-refractivity contribution < 1.29 is 19.1 Å². The number of carbonyl (C=O) groups is 2. The Balaban J connectivity index is 3.70. The Morgan fingerprint density at radius 2 is 0.625 bits per heavy atom. The summed E-state index contributed by atoms with van der Waals surface area (Å²) in [6.45, 7) is 9.80. The second-order valence-electron chi connectivity index (χ2n) is 18.3. The molecule has 0 N–H and O–H groups in total. The van der Waals surface area contributed by atoms with Crippen molar-refractivity contribution in [3.63, 3.8) is 0 Å². The van der Waals surface area contributed by atoms with Crippen LogP contribution in [0.4, 0.5) is 0 Å². The van der Waals surface area contributed by atoms with Crippen molar-refractivity contribution in [2.45, 2.75) is 310 Å². The maximum atomic E-state index is 12.7. The summed E-state index contributed by atoms with van der Waals surface area (Å²) in [5, 5.41) is 0. The number of rotatable bonds is 47. The fraction of sp³-hybridized carbons (Fsp3) is 0.962. The van der Waals surface area contributed by atoms with Crippen LogP contribution in [0.1, 0.15) is 304 Å². The summed E-state index contributed by atoms with van der Waals surface area (Å²) in [7, 11) is 0. The average Bonchev–Trinajstić information content (AvgIpc) is 3.18. The molecule has 4 heteroatoms. The minimum Gasteiger partial charge on any atom is -0.466 e. The number of esters is 2. The van der Waals surface area contributed by atoms with E-state index in [-0.39, 0.29) is 18.0 Å². The smallest absolute Gasteiger partial charge is 0.306 e. The highest BCUT2D eigenvalue weighted by molar-refractivity contribution is 5.69. The highest BCUT2D eigenvalue weighted by atomic mass is 16.5. The second-order valence-corrected chi connectivity index (χ2v) is 18.3. The highest BCUT2D eigenvalue weighted by Crippen LogP contribution is 2.19. The van der Waals surface area contributed by atoms with Crippen molar-refractivity contribution in [2.75, 3.05) is 6.61 Å². The van der Waals surface area contributed by atoms with Gasteiger partial charge in [0.05, 0.1) is 6.61 Å². The third kappa shape index (κ3) is 45.6. The van der Waals surface area contributed by atoms with Gasteiger partial charge in [-0.15, -0.1) is 0 Å². The van der Waals surface area contributed by atoms with Crippen LogP contribution in [0.15, 0.2) is 0 Å². The van der Waals surface area contributed by atoms with E-state index in [4.69, 9.17) is 9.47 Å². The van der Waals surface area contributed by atoms with Crippen molar-refractivity contribution in [1.82, 2.24) is 0 Å². The third-order valence-electron chi connectivity index (χ3n) is 12.0. The van der Waals surface area contributed by atoms with E-state index >= 15 is 0 Å². The van der Waals surface area contributed by atoms with Crippen LogP contribution in [0.5, 0.6) is 0 Å². The van der Waals surface area contributed by atoms with Crippen molar-refractivity contribution in [1.29, 1.82) is 0 Å². The van der Waals surface area contributed by atoms with E-state index in [0.717, 1.165) is 57.3 Å². The Labute approximate surface area is 352 Å². The normalized spacial score (nSPS) is 12.1. The Bertz CT molecular complexity index is 779. The predicted molar refractivity (Wildman–Crippen MR) is 246 cm³/mol. The predicted octanol–water partition coefficient (Wildman–Crippen LogP) is 17.9. The average molecular weight is 791 g/mol. The molecule has 0 bridgehead atoms. The van der Waals surface area contributed by atoms with Crippen LogP contribution in [0.2, 0.25) is 0 Å². The summed E-state index contributed by atoms with van der Waals surface area (Å²) in [6.07, 6.45) is 54.0. The molecule has 0 saturated heterocycles. The Hall–Kier alpha value is -1.06. The Morgan fingerprint density at radius 3 is 1.00 bits per heavy atom. The minimum atomic E-state index is -0.00171. The lowest BCUT2D eigenvalue weighted by Gasteiger charge is -2.18. The first-order valence-electron chi connectivity index (χ1n) is 25.8. The fourth-order valence-electron chi connectivity index (χ4n) is 8.15. The molecule has 0 saturated carbocycles. The zero-order valence-electron chi connectivity index (χ0n) is 38.9. The standard InChI is InChI=1S/C52H102O4/c1-5-7-9-11-12-13-14-15-16-17-20-23-30-35-41-47-52(54)56-50(44-38-10-8-6-2)45-39-33-28-24-25-29-34-40-46-51(53)55-48-42-36-31-26-21-18-19-22-27-32-37-43-49(3)4/h49-50H,5-48H2,1-4H3. The molecule has 334 valence electrons. The van der Waals surface area contributed by atoms with Gasteiger partial charge in [0.2, 0.25) is 0 Å². The molecule has 4 nitrogen and oxygen atoms in total. The number of unbranched alkanes of at least 4 members (excludes halogenated alkanes) is 34. The molecule has 0 aromatic heterocycles. The van der Waals surface area contributed by atoms with Crippen LogP contribution in [0, 0.1) is 5.92 Å². The van der Waals surface area contributed by atoms with E-state index < -0.39 is 0 Å². The fourth-order valence-corrected chi connectivity index (χ4v) is 8.15. The molecule has 0 spiro atoms. The van der Waals surface area contributed by atoms with Gasteiger partial charge in [0, 0.05) is 12.8 Å². The first kappa shape index (κ1) is 54.9. The van der Waals surface area contributed by atoms with E-state index in [1.807, 2.05) is 0 Å². The zero-order chi connectivity index (χ0) is 40.8. The molecule has 0 heterocycles. The van der Waals surface area contributed by atoms with Crippen LogP contribution < -0.4 is 0 Å². The topological polar surface area (TPSA) is 52.6 Å². The molecule has 0 amide bonds. The van der Waals surface area contributed by atoms with Gasteiger partial charge in [-0.25, -0.2) is 0 Å². The molecule has 0 aromatic rings. The van der Waals surface area contributed by atoms with Crippen molar-refractivity contribution >= 4 is 11.9 Å². The van der Waals surface area contributed by atoms with Gasteiger partial charge in [-0.1, -0.05) is 246 Å². The van der Waals surface area contributed by atoms with Gasteiger partial charge in [-0.2, -0.15) is 0 Å². The molecule has 0 rings (SSSR count). The van der Waals surface area contributed by atoms with Gasteiger partial charge in [0.15, 0.2) is 0 Å². The van der Waals surface area contributed by atoms with E-state index in [1.165, 1.54) is 212 Å². The summed E-state index contributed by atoms with van der Waals surface area (Å²) >= 11 is 0. The summed E-state index contributed by atoms with van der Waals surface area (Å²) in [5.41, 5.74) is 0. The molecule has 1 unspecified atom stereocenters. The van der Waals surface area contributed by atoms with Crippen LogP contribution in [-0.2, 0) is 19.1 Å². The van der Waals surface area contributed by atoms with Gasteiger partial charge in [-0.3, -0.25) is 9.59 Å². The van der Waals surface area contributed by atoms with Gasteiger partial charge < -0.3 is 9.47 Å². The lowest BCUT2D eigenvalue weighted by Crippen LogP contribution is -2.18. The van der Waals surface area contributed by atoms with E-state index in [9.17, 15) is 9.59 Å². The molecule has 1 atom stereocenters. The van der Waals surface area contributed by atoms with Crippen molar-refractivity contribution in [3.05, 3.63) is 0 Å². The number of ether oxygens (including phenoxy) is 2. The first-order chi connectivity index (χ1) is 27.5. The van der Waals surface area contributed by atoms with Gasteiger partial charge in [0.1, 0.15) is 6.10 Å². The van der Waals surface area contributed by atoms with E-state index in [1.54, 1.807) is 0 Å². The SMILES string of the molecule is CCCCCCCCCCCCCCCCCC(=O)OC(CCCCCC)CCCCCCCCCCC(=O)OCCCCCCCCCCCCCC(C)C. The summed E-state index contributed by atoms with van der Waals surface area (Å²) < 4.78 is 11.5. The molecule has 0 aromatic carbocycles. The molecule has 0 fully saturated rings. The first-order valence-corrected chi connectivity index (χ1v) is 25.8. The number of hydrogen-bond acceptors (Lipinski definition) is 4. The van der Waals surface area contributed by atoms with Crippen LogP contribution in [0.25, 0.3) is 0 Å². The monoisotopic (exact) mass is 791 g/mol. The molecule has 56 heavy (non-hydrogen) atoms. The Kier molecular flexibility index (Phi) is 45.7. The molecule has 0 aliphatic heterocycles. The Morgan fingerprint density at radius 1 is 0.339 bits per heavy atom. The number of carbonyl (C=O) groups excluding carboxylic acids is 2. The van der Waals surface area contributed by atoms with Gasteiger partial charge in [0.25, 0.3) is 0 Å². The third-order valence-corrected chi connectivity index (χ3v) is 12.0. The quantitative estimate of drug-likeness (QED) is 0.0455. The zero-order valence-corrected chi connectivity index (χ0v) is 38.9. The molecule has 0 radical (unpaired) electrons. The summed E-state index contributed by atoms with van der Waals surface area (Å²) in [5.74, 6) is 0.895. The number of hydrogen-bond donors (Lipinski definition) is 0. The van der Waals surface area contributed by atoms with Gasteiger partial charge >= 0.3 is 11.9 Å². The van der Waals surface area contributed by atoms with Crippen molar-refractivity contribution in [3.8, 4) is 0 Å². The minimum absolute atomic E-state index is 0.00171. The maximum absolute atomic E-state index is 12.7. The second kappa shape index (κ2) is 46.6. The van der Waals surface area contributed by atoms with Gasteiger partial charge in [-0.05, 0) is 50.9 Å². The largest absolute Gasteiger partial charge is 0.466 e. The lowest BCUT2D eigenvalue weighted by molar-refractivity contribution is -0.150. The maximum Gasteiger partial charge on any atom is 0.306 e. The summed E-state index contributed by atoms with van der Waals surface area (Å²) in [4.78, 5) is 24.8. The van der Waals surface area contributed by atoms with Crippen LogP contribution in [0.3, 0.4) is 0 Å². The highest BCUT2D eigenvalue weighted by Gasteiger charge is 2.14. The molecule has 0 aliphatic carbocycles. The summed E-state index contributed by atoms with van der Waals surface area (Å²) in [6, 6.07) is 0. The van der Waals surface area contributed by atoms with Crippen molar-refractivity contribution in [2.24, 2.45) is 5.92 Å². The van der Waals surface area contributed by atoms with Crippen LogP contribution in [-0.4, -0.2) is 24.6 Å². The lowest BCUT2D eigenvalue weighted by atomic mass is 10.0. The molecular formula is C52H102O4. The molecule has 0 aliphatic rings.